The first kappa shape index (κ1) is 11.2. The first-order valence-corrected chi connectivity index (χ1v) is 5.48. The second kappa shape index (κ2) is 4.71. The molecule has 0 aliphatic rings. The van der Waals surface area contributed by atoms with E-state index in [9.17, 15) is 0 Å². The lowest BCUT2D eigenvalue weighted by atomic mass is 9.98. The van der Waals surface area contributed by atoms with Crippen LogP contribution in [0.2, 0.25) is 0 Å². The van der Waals surface area contributed by atoms with Gasteiger partial charge in [0.15, 0.2) is 0 Å². The minimum absolute atomic E-state index is 0.585. The molecule has 0 fully saturated rings. The van der Waals surface area contributed by atoms with Crippen molar-refractivity contribution >= 4 is 11.3 Å². The van der Waals surface area contributed by atoms with E-state index in [4.69, 9.17) is 5.73 Å². The highest BCUT2D eigenvalue weighted by Gasteiger charge is 2.02. The molecule has 0 aliphatic carbocycles. The van der Waals surface area contributed by atoms with E-state index in [1.54, 1.807) is 0 Å². The number of hydrogen-bond donors (Lipinski definition) is 1. The Morgan fingerprint density at radius 2 is 1.18 bits per heavy atom. The van der Waals surface area contributed by atoms with Crippen molar-refractivity contribution in [1.82, 2.24) is 0 Å². The molecule has 0 spiro atoms. The van der Waals surface area contributed by atoms with Crippen LogP contribution in [0.4, 0.5) is 0 Å². The Bertz CT molecular complexity index is 535. The number of nitrogens with two attached hydrogens (primary N) is 1. The van der Waals surface area contributed by atoms with Gasteiger partial charge in [0.05, 0.1) is 0 Å². The molecule has 2 aromatic rings. The minimum Gasteiger partial charge on any atom is -0.399 e. The summed E-state index contributed by atoms with van der Waals surface area (Å²) in [6, 6.07) is 18.1. The van der Waals surface area contributed by atoms with Gasteiger partial charge in [-0.3, -0.25) is 0 Å². The van der Waals surface area contributed by atoms with Gasteiger partial charge in [0.25, 0.3) is 0 Å². The maximum absolute atomic E-state index is 5.63. The summed E-state index contributed by atoms with van der Waals surface area (Å²) in [6.45, 7) is 7.83. The van der Waals surface area contributed by atoms with E-state index in [1.807, 2.05) is 42.5 Å². The van der Waals surface area contributed by atoms with Gasteiger partial charge in [0.2, 0.25) is 0 Å². The van der Waals surface area contributed by atoms with E-state index in [1.165, 1.54) is 0 Å². The fourth-order valence-electron chi connectivity index (χ4n) is 1.69. The van der Waals surface area contributed by atoms with Gasteiger partial charge in [-0.2, -0.15) is 0 Å². The van der Waals surface area contributed by atoms with Crippen LogP contribution >= 0.6 is 0 Å². The molecule has 2 rings (SSSR count). The maximum atomic E-state index is 5.63. The Labute approximate surface area is 102 Å². The van der Waals surface area contributed by atoms with Crippen LogP contribution in [0.3, 0.4) is 0 Å². The molecule has 0 heterocycles. The van der Waals surface area contributed by atoms with Crippen LogP contribution in [0.25, 0.3) is 11.3 Å². The van der Waals surface area contributed by atoms with E-state index in [2.05, 4.69) is 25.3 Å². The molecule has 1 heteroatoms. The number of benzene rings is 2. The smallest absolute Gasteiger partial charge is 0.0314 e. The summed E-state index contributed by atoms with van der Waals surface area (Å²) in [5.74, 6) is 0. The van der Waals surface area contributed by atoms with Crippen molar-refractivity contribution in [1.29, 1.82) is 0 Å². The summed E-state index contributed by atoms with van der Waals surface area (Å²) in [5.41, 5.74) is 10.4. The third kappa shape index (κ3) is 2.45. The zero-order chi connectivity index (χ0) is 12.3. The highest BCUT2D eigenvalue weighted by atomic mass is 14.6. The Morgan fingerprint density at radius 3 is 1.71 bits per heavy atom. The van der Waals surface area contributed by atoms with E-state index in [-0.39, 0.29) is 0 Å². The first-order chi connectivity index (χ1) is 8.18. The van der Waals surface area contributed by atoms with E-state index >= 15 is 0 Å². The summed E-state index contributed by atoms with van der Waals surface area (Å²) >= 11 is 0. The molecular weight excluding hydrogens is 206 g/mol. The Morgan fingerprint density at radius 1 is 0.706 bits per heavy atom. The standard InChI is InChI=1S/C16H15N/c1-12(14-6-4-3-5-7-14)15-8-10-16(11-9-15)13(2)17/h3-11H,1-2,17H2. The molecule has 0 radical (unpaired) electrons. The summed E-state index contributed by atoms with van der Waals surface area (Å²) in [5, 5.41) is 0. The van der Waals surface area contributed by atoms with Crippen LogP contribution < -0.4 is 5.73 Å². The van der Waals surface area contributed by atoms with Crippen molar-refractivity contribution in [3.8, 4) is 0 Å². The van der Waals surface area contributed by atoms with Crippen molar-refractivity contribution in [2.24, 2.45) is 5.73 Å². The van der Waals surface area contributed by atoms with Crippen LogP contribution in [0, 0.1) is 0 Å². The minimum atomic E-state index is 0.585. The van der Waals surface area contributed by atoms with Gasteiger partial charge < -0.3 is 5.73 Å². The van der Waals surface area contributed by atoms with E-state index < -0.39 is 0 Å². The summed E-state index contributed by atoms with van der Waals surface area (Å²) in [6.07, 6.45) is 0. The molecule has 0 atom stereocenters. The third-order valence-corrected chi connectivity index (χ3v) is 2.73. The lowest BCUT2D eigenvalue weighted by Crippen LogP contribution is -1.94. The lowest BCUT2D eigenvalue weighted by Gasteiger charge is -2.07. The molecule has 84 valence electrons. The summed E-state index contributed by atoms with van der Waals surface area (Å²) < 4.78 is 0. The van der Waals surface area contributed by atoms with Crippen molar-refractivity contribution in [3.05, 3.63) is 84.4 Å². The predicted octanol–water partition coefficient (Wildman–Crippen LogP) is 3.68. The van der Waals surface area contributed by atoms with Crippen LogP contribution in [0.15, 0.2) is 67.8 Å². The zero-order valence-corrected chi connectivity index (χ0v) is 9.69. The number of hydrogen-bond acceptors (Lipinski definition) is 1. The Hall–Kier alpha value is -2.28. The molecule has 2 aromatic carbocycles. The molecule has 0 saturated heterocycles. The lowest BCUT2D eigenvalue weighted by molar-refractivity contribution is 1.50. The van der Waals surface area contributed by atoms with Crippen LogP contribution in [-0.2, 0) is 0 Å². The molecule has 0 bridgehead atoms. The molecule has 17 heavy (non-hydrogen) atoms. The maximum Gasteiger partial charge on any atom is 0.0314 e. The highest BCUT2D eigenvalue weighted by Crippen LogP contribution is 2.22. The highest BCUT2D eigenvalue weighted by molar-refractivity contribution is 5.78. The Balaban J connectivity index is 2.30. The monoisotopic (exact) mass is 221 g/mol. The average Bonchev–Trinajstić information content (AvgIpc) is 2.39. The fraction of sp³-hybridized carbons (Fsp3) is 0. The number of rotatable bonds is 3. The zero-order valence-electron chi connectivity index (χ0n) is 9.69. The van der Waals surface area contributed by atoms with Crippen molar-refractivity contribution in [2.45, 2.75) is 0 Å². The molecule has 0 amide bonds. The van der Waals surface area contributed by atoms with E-state index in [0.29, 0.717) is 5.70 Å². The SMILES string of the molecule is C=C(N)c1ccc(C(=C)c2ccccc2)cc1. The molecular formula is C16H15N. The van der Waals surface area contributed by atoms with Crippen molar-refractivity contribution in [3.63, 3.8) is 0 Å². The predicted molar refractivity (Wildman–Crippen MR) is 74.2 cm³/mol. The molecule has 0 unspecified atom stereocenters. The summed E-state index contributed by atoms with van der Waals surface area (Å²) in [4.78, 5) is 0. The average molecular weight is 221 g/mol. The van der Waals surface area contributed by atoms with Gasteiger partial charge in [-0.1, -0.05) is 67.8 Å². The van der Waals surface area contributed by atoms with Gasteiger partial charge in [0, 0.05) is 5.70 Å². The fourth-order valence-corrected chi connectivity index (χ4v) is 1.69. The topological polar surface area (TPSA) is 26.0 Å². The van der Waals surface area contributed by atoms with Gasteiger partial charge in [-0.05, 0) is 22.3 Å². The van der Waals surface area contributed by atoms with Crippen LogP contribution in [-0.4, -0.2) is 0 Å². The van der Waals surface area contributed by atoms with E-state index in [0.717, 1.165) is 22.3 Å². The molecule has 0 saturated carbocycles. The van der Waals surface area contributed by atoms with Crippen LogP contribution in [0.5, 0.6) is 0 Å². The van der Waals surface area contributed by atoms with Crippen molar-refractivity contribution < 1.29 is 0 Å². The first-order valence-electron chi connectivity index (χ1n) is 5.48. The quantitative estimate of drug-likeness (QED) is 0.840. The Kier molecular flexibility index (Phi) is 3.10. The van der Waals surface area contributed by atoms with Gasteiger partial charge >= 0.3 is 0 Å². The second-order valence-electron chi connectivity index (χ2n) is 3.95. The molecule has 0 aromatic heterocycles. The largest absolute Gasteiger partial charge is 0.399 e. The van der Waals surface area contributed by atoms with Gasteiger partial charge in [-0.15, -0.1) is 0 Å². The summed E-state index contributed by atoms with van der Waals surface area (Å²) in [7, 11) is 0. The van der Waals surface area contributed by atoms with Crippen molar-refractivity contribution in [2.75, 3.05) is 0 Å². The molecule has 1 nitrogen and oxygen atoms in total. The van der Waals surface area contributed by atoms with Gasteiger partial charge in [0.1, 0.15) is 0 Å². The van der Waals surface area contributed by atoms with Gasteiger partial charge in [-0.25, -0.2) is 0 Å². The third-order valence-electron chi connectivity index (χ3n) is 2.73. The van der Waals surface area contributed by atoms with Crippen LogP contribution in [0.1, 0.15) is 16.7 Å². The second-order valence-corrected chi connectivity index (χ2v) is 3.95. The normalized spacial score (nSPS) is 9.88. The molecule has 0 aliphatic heterocycles. The molecule has 2 N–H and O–H groups in total.